The van der Waals surface area contributed by atoms with E-state index in [0.29, 0.717) is 24.0 Å². The van der Waals surface area contributed by atoms with E-state index in [4.69, 9.17) is 5.26 Å². The van der Waals surface area contributed by atoms with Gasteiger partial charge in [-0.05, 0) is 61.6 Å². The average Bonchev–Trinajstić information content (AvgIpc) is 2.74. The fraction of sp³-hybridized carbons (Fsp3) is 0.400. The van der Waals surface area contributed by atoms with Crippen molar-refractivity contribution in [1.82, 2.24) is 0 Å². The van der Waals surface area contributed by atoms with Crippen LogP contribution in [-0.2, 0) is 6.11 Å². The molecule has 6 heteroatoms. The number of alkyl halides is 2. The van der Waals surface area contributed by atoms with Gasteiger partial charge < -0.3 is 4.74 Å². The first-order valence-electron chi connectivity index (χ1n) is 10.6. The zero-order valence-electron chi connectivity index (χ0n) is 17.4. The van der Waals surface area contributed by atoms with Gasteiger partial charge in [0, 0.05) is 12.1 Å². The Bertz CT molecular complexity index is 931. The smallest absolute Gasteiger partial charge is 0.426 e. The third kappa shape index (κ3) is 5.66. The minimum atomic E-state index is -3.77. The lowest BCUT2D eigenvalue weighted by Gasteiger charge is -2.27. The van der Waals surface area contributed by atoms with Gasteiger partial charge in [0.1, 0.15) is 29.0 Å². The Labute approximate surface area is 180 Å². The lowest BCUT2D eigenvalue weighted by Crippen LogP contribution is -2.22. The van der Waals surface area contributed by atoms with E-state index in [1.807, 2.05) is 0 Å². The Morgan fingerprint density at radius 2 is 1.68 bits per heavy atom. The van der Waals surface area contributed by atoms with Crippen molar-refractivity contribution in [3.8, 4) is 11.8 Å². The van der Waals surface area contributed by atoms with Crippen molar-refractivity contribution in [3.63, 3.8) is 0 Å². The van der Waals surface area contributed by atoms with Crippen LogP contribution >= 0.6 is 0 Å². The standard InChI is InChI=1S/C25H25F4NO/c1-2-3-4-5-17-6-8-18(9-7-17)19-10-12-20(13-11-19)25(28,29)31-21-14-23(26)22(16-30)24(27)15-21/h4-5,10-15,17-18H,2-3,6-9H2,1H3/b5-4-. The largest absolute Gasteiger partial charge is 0.429 e. The monoisotopic (exact) mass is 431 g/mol. The van der Waals surface area contributed by atoms with Crippen LogP contribution in [0.4, 0.5) is 17.6 Å². The molecule has 1 aliphatic rings. The summed E-state index contributed by atoms with van der Waals surface area (Å²) in [5.41, 5.74) is -0.237. The van der Waals surface area contributed by atoms with Crippen LogP contribution in [0.15, 0.2) is 48.6 Å². The zero-order chi connectivity index (χ0) is 22.4. The average molecular weight is 431 g/mol. The molecule has 1 aliphatic carbocycles. The first-order chi connectivity index (χ1) is 14.8. The molecule has 0 atom stereocenters. The fourth-order valence-electron chi connectivity index (χ4n) is 3.97. The van der Waals surface area contributed by atoms with Crippen LogP contribution in [0.2, 0.25) is 0 Å². The van der Waals surface area contributed by atoms with E-state index in [1.54, 1.807) is 12.1 Å². The minimum absolute atomic E-state index is 0.334. The lowest BCUT2D eigenvalue weighted by molar-refractivity contribution is -0.185. The van der Waals surface area contributed by atoms with Crippen LogP contribution in [0.5, 0.6) is 5.75 Å². The number of hydrogen-bond donors (Lipinski definition) is 0. The molecule has 0 unspecified atom stereocenters. The van der Waals surface area contributed by atoms with Crippen molar-refractivity contribution in [2.24, 2.45) is 5.92 Å². The number of nitrogens with zero attached hydrogens (tertiary/aromatic N) is 1. The van der Waals surface area contributed by atoms with Crippen molar-refractivity contribution < 1.29 is 22.3 Å². The maximum atomic E-state index is 14.5. The third-order valence-electron chi connectivity index (χ3n) is 5.73. The summed E-state index contributed by atoms with van der Waals surface area (Å²) in [5.74, 6) is -2.25. The summed E-state index contributed by atoms with van der Waals surface area (Å²) >= 11 is 0. The topological polar surface area (TPSA) is 33.0 Å². The molecule has 0 spiro atoms. The molecular formula is C25H25F4NO. The second kappa shape index (κ2) is 10.00. The highest BCUT2D eigenvalue weighted by Gasteiger charge is 2.35. The molecule has 3 rings (SSSR count). The Morgan fingerprint density at radius 3 is 2.23 bits per heavy atom. The Balaban J connectivity index is 1.65. The van der Waals surface area contributed by atoms with Crippen molar-refractivity contribution in [2.75, 3.05) is 0 Å². The third-order valence-corrected chi connectivity index (χ3v) is 5.73. The zero-order valence-corrected chi connectivity index (χ0v) is 17.4. The van der Waals surface area contributed by atoms with E-state index in [-0.39, 0.29) is 0 Å². The van der Waals surface area contributed by atoms with Gasteiger partial charge in [-0.15, -0.1) is 0 Å². The molecule has 2 nitrogen and oxygen atoms in total. The molecule has 0 aromatic heterocycles. The van der Waals surface area contributed by atoms with Gasteiger partial charge in [-0.2, -0.15) is 14.0 Å². The van der Waals surface area contributed by atoms with E-state index >= 15 is 0 Å². The highest BCUT2D eigenvalue weighted by molar-refractivity contribution is 5.38. The molecule has 0 amide bonds. The Hall–Kier alpha value is -2.81. The molecule has 0 saturated heterocycles. The van der Waals surface area contributed by atoms with Crippen molar-refractivity contribution in [1.29, 1.82) is 5.26 Å². The molecule has 0 heterocycles. The first kappa shape index (κ1) is 22.9. The number of ether oxygens (including phenoxy) is 1. The number of rotatable bonds is 7. The molecule has 0 radical (unpaired) electrons. The molecule has 1 saturated carbocycles. The van der Waals surface area contributed by atoms with Gasteiger partial charge in [-0.1, -0.05) is 37.6 Å². The van der Waals surface area contributed by atoms with Crippen molar-refractivity contribution >= 4 is 0 Å². The van der Waals surface area contributed by atoms with Gasteiger partial charge in [0.2, 0.25) is 0 Å². The fourth-order valence-corrected chi connectivity index (χ4v) is 3.97. The van der Waals surface area contributed by atoms with Gasteiger partial charge in [0.25, 0.3) is 0 Å². The summed E-state index contributed by atoms with van der Waals surface area (Å²) in [6, 6.07) is 8.43. The van der Waals surface area contributed by atoms with Crippen LogP contribution < -0.4 is 4.74 Å². The van der Waals surface area contributed by atoms with Gasteiger partial charge >= 0.3 is 6.11 Å². The predicted molar refractivity (Wildman–Crippen MR) is 111 cm³/mol. The summed E-state index contributed by atoms with van der Waals surface area (Å²) in [6.45, 7) is 2.15. The highest BCUT2D eigenvalue weighted by Crippen LogP contribution is 2.38. The lowest BCUT2D eigenvalue weighted by atomic mass is 9.78. The van der Waals surface area contributed by atoms with Gasteiger partial charge in [0.15, 0.2) is 0 Å². The van der Waals surface area contributed by atoms with Crippen LogP contribution in [0.3, 0.4) is 0 Å². The number of unbranched alkanes of at least 4 members (excludes halogenated alkanes) is 1. The van der Waals surface area contributed by atoms with E-state index in [1.165, 1.54) is 18.2 Å². The maximum Gasteiger partial charge on any atom is 0.426 e. The SMILES string of the molecule is CCC/C=C\C1CCC(c2ccc(C(F)(F)Oc3cc(F)c(C#N)c(F)c3)cc2)CC1. The summed E-state index contributed by atoms with van der Waals surface area (Å²) in [4.78, 5) is 0. The Kier molecular flexibility index (Phi) is 7.37. The molecule has 31 heavy (non-hydrogen) atoms. The van der Waals surface area contributed by atoms with E-state index in [2.05, 4.69) is 23.8 Å². The molecule has 164 valence electrons. The minimum Gasteiger partial charge on any atom is -0.429 e. The second-order valence-electron chi connectivity index (χ2n) is 7.94. The Morgan fingerprint density at radius 1 is 1.06 bits per heavy atom. The van der Waals surface area contributed by atoms with Crippen LogP contribution in [0.1, 0.15) is 68.1 Å². The molecule has 2 aromatic carbocycles. The van der Waals surface area contributed by atoms with Gasteiger partial charge in [-0.25, -0.2) is 8.78 Å². The van der Waals surface area contributed by atoms with Crippen LogP contribution in [0, 0.1) is 28.9 Å². The summed E-state index contributed by atoms with van der Waals surface area (Å²) < 4.78 is 60.9. The number of benzene rings is 2. The van der Waals surface area contributed by atoms with Gasteiger partial charge in [-0.3, -0.25) is 0 Å². The molecule has 0 aliphatic heterocycles. The summed E-state index contributed by atoms with van der Waals surface area (Å²) in [7, 11) is 0. The van der Waals surface area contributed by atoms with E-state index < -0.39 is 34.6 Å². The second-order valence-corrected chi connectivity index (χ2v) is 7.94. The normalized spacial score (nSPS) is 19.4. The molecule has 0 N–H and O–H groups in total. The number of hydrogen-bond acceptors (Lipinski definition) is 2. The molecular weight excluding hydrogens is 406 g/mol. The number of nitriles is 1. The molecule has 1 fully saturated rings. The number of allylic oxidation sites excluding steroid dienone is 2. The van der Waals surface area contributed by atoms with Gasteiger partial charge in [0.05, 0.1) is 5.56 Å². The summed E-state index contributed by atoms with van der Waals surface area (Å²) in [5, 5.41) is 8.67. The predicted octanol–water partition coefficient (Wildman–Crippen LogP) is 7.59. The van der Waals surface area contributed by atoms with E-state index in [9.17, 15) is 17.6 Å². The van der Waals surface area contributed by atoms with Crippen LogP contribution in [-0.4, -0.2) is 0 Å². The summed E-state index contributed by atoms with van der Waals surface area (Å²) in [6.07, 6.45) is 7.20. The first-order valence-corrected chi connectivity index (χ1v) is 10.6. The quantitative estimate of drug-likeness (QED) is 0.334. The van der Waals surface area contributed by atoms with Crippen LogP contribution in [0.25, 0.3) is 0 Å². The number of halogens is 4. The van der Waals surface area contributed by atoms with E-state index in [0.717, 1.165) is 44.1 Å². The molecule has 2 aromatic rings. The highest BCUT2D eigenvalue weighted by atomic mass is 19.3. The molecule has 0 bridgehead atoms. The van der Waals surface area contributed by atoms with Crippen molar-refractivity contribution in [3.05, 3.63) is 76.9 Å². The van der Waals surface area contributed by atoms with Crippen molar-refractivity contribution in [2.45, 2.75) is 57.5 Å². The maximum absolute atomic E-state index is 14.5.